The van der Waals surface area contributed by atoms with Crippen LogP contribution >= 0.6 is 11.6 Å². The summed E-state index contributed by atoms with van der Waals surface area (Å²) in [5.41, 5.74) is 2.64. The highest BCUT2D eigenvalue weighted by atomic mass is 35.5. The van der Waals surface area contributed by atoms with E-state index >= 15 is 0 Å². The number of aryl methyl sites for hydroxylation is 1. The van der Waals surface area contributed by atoms with Crippen LogP contribution in [-0.4, -0.2) is 16.1 Å². The molecule has 0 spiro atoms. The van der Waals surface area contributed by atoms with E-state index in [9.17, 15) is 4.79 Å². The van der Waals surface area contributed by atoms with E-state index in [-0.39, 0.29) is 0 Å². The van der Waals surface area contributed by atoms with Crippen LogP contribution in [0.1, 0.15) is 21.5 Å². The van der Waals surface area contributed by atoms with E-state index in [1.807, 2.05) is 29.9 Å². The van der Waals surface area contributed by atoms with Crippen LogP contribution in [0.3, 0.4) is 0 Å². The maximum atomic E-state index is 10.7. The molecule has 1 aromatic carbocycles. The minimum absolute atomic E-state index is 0.489. The van der Waals surface area contributed by atoms with Gasteiger partial charge in [-0.05, 0) is 36.2 Å². The van der Waals surface area contributed by atoms with Crippen LogP contribution in [0.25, 0.3) is 0 Å². The van der Waals surface area contributed by atoms with Crippen molar-refractivity contribution in [2.75, 3.05) is 0 Å². The first-order valence-corrected chi connectivity index (χ1v) is 5.30. The summed E-state index contributed by atoms with van der Waals surface area (Å²) in [6, 6.07) is 5.49. The van der Waals surface area contributed by atoms with Gasteiger partial charge in [0.25, 0.3) is 0 Å². The smallest absolute Gasteiger partial charge is 0.151 e. The molecular formula is C12H11ClN2O. The van der Waals surface area contributed by atoms with Gasteiger partial charge in [0, 0.05) is 18.0 Å². The van der Waals surface area contributed by atoms with Crippen molar-refractivity contribution in [3.05, 3.63) is 52.3 Å². The highest BCUT2D eigenvalue weighted by Gasteiger charge is 2.05. The second kappa shape index (κ2) is 4.49. The van der Waals surface area contributed by atoms with Gasteiger partial charge in [0.1, 0.15) is 0 Å². The van der Waals surface area contributed by atoms with E-state index in [0.717, 1.165) is 17.4 Å². The Kier molecular flexibility index (Phi) is 3.06. The SMILES string of the molecule is Cc1cc(C=O)c(Cl)cc1Cn1cccn1. The van der Waals surface area contributed by atoms with Crippen molar-refractivity contribution in [3.8, 4) is 0 Å². The average molecular weight is 235 g/mol. The maximum absolute atomic E-state index is 10.7. The first kappa shape index (κ1) is 10.9. The first-order valence-electron chi connectivity index (χ1n) is 4.92. The molecule has 0 aliphatic heterocycles. The number of hydrogen-bond donors (Lipinski definition) is 0. The number of halogens is 1. The Labute approximate surface area is 98.7 Å². The molecule has 3 nitrogen and oxygen atoms in total. The van der Waals surface area contributed by atoms with Crippen molar-refractivity contribution in [1.82, 2.24) is 9.78 Å². The van der Waals surface area contributed by atoms with Gasteiger partial charge in [-0.3, -0.25) is 9.48 Å². The van der Waals surface area contributed by atoms with Crippen LogP contribution in [-0.2, 0) is 6.54 Å². The summed E-state index contributed by atoms with van der Waals surface area (Å²) in [6.45, 7) is 2.62. The Morgan fingerprint density at radius 1 is 1.50 bits per heavy atom. The molecule has 1 heterocycles. The molecule has 0 N–H and O–H groups in total. The number of nitrogens with zero attached hydrogens (tertiary/aromatic N) is 2. The van der Waals surface area contributed by atoms with Crippen LogP contribution < -0.4 is 0 Å². The summed E-state index contributed by atoms with van der Waals surface area (Å²) in [5, 5.41) is 4.62. The number of carbonyl (C=O) groups is 1. The molecule has 0 bridgehead atoms. The Balaban J connectivity index is 2.35. The summed E-state index contributed by atoms with van der Waals surface area (Å²) >= 11 is 5.98. The number of rotatable bonds is 3. The van der Waals surface area contributed by atoms with Gasteiger partial charge in [-0.25, -0.2) is 0 Å². The summed E-state index contributed by atoms with van der Waals surface area (Å²) in [7, 11) is 0. The predicted octanol–water partition coefficient (Wildman–Crippen LogP) is 2.71. The lowest BCUT2D eigenvalue weighted by atomic mass is 10.1. The molecule has 0 amide bonds. The number of hydrogen-bond acceptors (Lipinski definition) is 2. The van der Waals surface area contributed by atoms with Crippen molar-refractivity contribution in [2.24, 2.45) is 0 Å². The quantitative estimate of drug-likeness (QED) is 0.766. The van der Waals surface area contributed by atoms with Crippen LogP contribution in [0.15, 0.2) is 30.6 Å². The second-order valence-corrected chi connectivity index (χ2v) is 4.03. The van der Waals surface area contributed by atoms with Gasteiger partial charge in [0.15, 0.2) is 6.29 Å². The van der Waals surface area contributed by atoms with E-state index in [4.69, 9.17) is 11.6 Å². The number of carbonyl (C=O) groups excluding carboxylic acids is 1. The molecule has 0 radical (unpaired) electrons. The largest absolute Gasteiger partial charge is 0.298 e. The van der Waals surface area contributed by atoms with Crippen molar-refractivity contribution < 1.29 is 4.79 Å². The third-order valence-corrected chi connectivity index (χ3v) is 2.80. The van der Waals surface area contributed by atoms with E-state index in [2.05, 4.69) is 5.10 Å². The number of aldehydes is 1. The molecule has 0 atom stereocenters. The van der Waals surface area contributed by atoms with Gasteiger partial charge in [-0.1, -0.05) is 11.6 Å². The molecule has 0 aliphatic carbocycles. The zero-order valence-corrected chi connectivity index (χ0v) is 9.61. The number of aromatic nitrogens is 2. The second-order valence-electron chi connectivity index (χ2n) is 3.62. The van der Waals surface area contributed by atoms with Crippen LogP contribution in [0.5, 0.6) is 0 Å². The normalized spacial score (nSPS) is 10.4. The third kappa shape index (κ3) is 2.14. The fourth-order valence-electron chi connectivity index (χ4n) is 1.57. The van der Waals surface area contributed by atoms with Crippen LogP contribution in [0, 0.1) is 6.92 Å². The minimum Gasteiger partial charge on any atom is -0.298 e. The summed E-state index contributed by atoms with van der Waals surface area (Å²) < 4.78 is 1.82. The lowest BCUT2D eigenvalue weighted by Crippen LogP contribution is -2.02. The molecule has 0 saturated carbocycles. The fraction of sp³-hybridized carbons (Fsp3) is 0.167. The van der Waals surface area contributed by atoms with Gasteiger partial charge in [0.05, 0.1) is 11.6 Å². The Bertz CT molecular complexity index is 506. The molecule has 0 fully saturated rings. The molecule has 4 heteroatoms. The van der Waals surface area contributed by atoms with Crippen molar-refractivity contribution >= 4 is 17.9 Å². The average Bonchev–Trinajstić information content (AvgIpc) is 2.75. The summed E-state index contributed by atoms with van der Waals surface area (Å²) in [6.07, 6.45) is 4.39. The topological polar surface area (TPSA) is 34.9 Å². The van der Waals surface area contributed by atoms with Gasteiger partial charge in [-0.15, -0.1) is 0 Å². The zero-order valence-electron chi connectivity index (χ0n) is 8.85. The highest BCUT2D eigenvalue weighted by Crippen LogP contribution is 2.20. The zero-order chi connectivity index (χ0) is 11.5. The molecule has 16 heavy (non-hydrogen) atoms. The molecule has 82 valence electrons. The first-order chi connectivity index (χ1) is 7.70. The van der Waals surface area contributed by atoms with Gasteiger partial charge in [-0.2, -0.15) is 5.10 Å². The van der Waals surface area contributed by atoms with E-state index in [1.165, 1.54) is 0 Å². The summed E-state index contributed by atoms with van der Waals surface area (Å²) in [4.78, 5) is 10.7. The molecule has 2 rings (SSSR count). The Hall–Kier alpha value is -1.61. The minimum atomic E-state index is 0.489. The molecule has 0 unspecified atom stereocenters. The molecule has 0 saturated heterocycles. The van der Waals surface area contributed by atoms with E-state index in [1.54, 1.807) is 12.3 Å². The van der Waals surface area contributed by atoms with Gasteiger partial charge < -0.3 is 0 Å². The highest BCUT2D eigenvalue weighted by molar-refractivity contribution is 6.33. The Morgan fingerprint density at radius 2 is 2.31 bits per heavy atom. The van der Waals surface area contributed by atoms with Crippen molar-refractivity contribution in [2.45, 2.75) is 13.5 Å². The standard InChI is InChI=1S/C12H11ClN2O/c1-9-5-11(8-16)12(13)6-10(9)7-15-4-2-3-14-15/h2-6,8H,7H2,1H3. The third-order valence-electron chi connectivity index (χ3n) is 2.47. The fourth-order valence-corrected chi connectivity index (χ4v) is 1.80. The maximum Gasteiger partial charge on any atom is 0.151 e. The lowest BCUT2D eigenvalue weighted by Gasteiger charge is -2.08. The van der Waals surface area contributed by atoms with Gasteiger partial charge in [0.2, 0.25) is 0 Å². The van der Waals surface area contributed by atoms with E-state index in [0.29, 0.717) is 17.1 Å². The molecular weight excluding hydrogens is 224 g/mol. The lowest BCUT2D eigenvalue weighted by molar-refractivity contribution is 0.112. The molecule has 2 aromatic rings. The monoisotopic (exact) mass is 234 g/mol. The Morgan fingerprint density at radius 3 is 2.94 bits per heavy atom. The van der Waals surface area contributed by atoms with E-state index < -0.39 is 0 Å². The van der Waals surface area contributed by atoms with Crippen molar-refractivity contribution in [3.63, 3.8) is 0 Å². The predicted molar refractivity (Wildman–Crippen MR) is 62.9 cm³/mol. The molecule has 1 aromatic heterocycles. The molecule has 0 aliphatic rings. The van der Waals surface area contributed by atoms with Crippen LogP contribution in [0.2, 0.25) is 5.02 Å². The van der Waals surface area contributed by atoms with Crippen molar-refractivity contribution in [1.29, 1.82) is 0 Å². The van der Waals surface area contributed by atoms with Crippen LogP contribution in [0.4, 0.5) is 0 Å². The van der Waals surface area contributed by atoms with Gasteiger partial charge >= 0.3 is 0 Å². The number of benzene rings is 1. The summed E-state index contributed by atoms with van der Waals surface area (Å²) in [5.74, 6) is 0.